The zero-order valence-electron chi connectivity index (χ0n) is 9.41. The van der Waals surface area contributed by atoms with Gasteiger partial charge in [0.2, 0.25) is 0 Å². The molecular weight excluding hydrogens is 253 g/mol. The second-order valence-electron chi connectivity index (χ2n) is 3.35. The molecule has 4 nitrogen and oxygen atoms in total. The third kappa shape index (κ3) is 4.15. The van der Waals surface area contributed by atoms with Crippen molar-refractivity contribution in [3.63, 3.8) is 0 Å². The van der Waals surface area contributed by atoms with Crippen LogP contribution in [0, 0.1) is 0 Å². The molecule has 1 aromatic rings. The van der Waals surface area contributed by atoms with E-state index in [1.807, 2.05) is 0 Å². The van der Waals surface area contributed by atoms with Gasteiger partial charge in [-0.3, -0.25) is 0 Å². The first kappa shape index (κ1) is 14.1. The minimum Gasteiger partial charge on any atom is -0.545 e. The van der Waals surface area contributed by atoms with Gasteiger partial charge in [0, 0.05) is 5.56 Å². The quantitative estimate of drug-likeness (QED) is 0.811. The Morgan fingerprint density at radius 1 is 1.33 bits per heavy atom. The summed E-state index contributed by atoms with van der Waals surface area (Å²) in [6.45, 7) is 1.90. The van der Waals surface area contributed by atoms with Gasteiger partial charge < -0.3 is 19.4 Å². The van der Waals surface area contributed by atoms with E-state index in [4.69, 9.17) is 4.74 Å². The highest BCUT2D eigenvalue weighted by Crippen LogP contribution is 2.33. The number of carboxylic acids is 1. The standard InChI is InChI=1S/C11H11F3O4/c1-2-5-17-9-6-7(10(15)16)3-4-8(9)18-11(12,13)14/h3-4,6H,2,5H2,1H3,(H,15,16)/p-1. The van der Waals surface area contributed by atoms with E-state index in [-0.39, 0.29) is 17.9 Å². The zero-order chi connectivity index (χ0) is 13.8. The highest BCUT2D eigenvalue weighted by molar-refractivity contribution is 5.86. The first-order chi connectivity index (χ1) is 8.33. The van der Waals surface area contributed by atoms with Crippen LogP contribution in [0.15, 0.2) is 18.2 Å². The van der Waals surface area contributed by atoms with Crippen LogP contribution in [0.1, 0.15) is 23.7 Å². The Morgan fingerprint density at radius 3 is 2.50 bits per heavy atom. The molecule has 0 unspecified atom stereocenters. The van der Waals surface area contributed by atoms with Gasteiger partial charge in [-0.05, 0) is 24.6 Å². The Morgan fingerprint density at radius 2 is 2.00 bits per heavy atom. The molecule has 0 bridgehead atoms. The van der Waals surface area contributed by atoms with Crippen molar-refractivity contribution in [1.29, 1.82) is 0 Å². The summed E-state index contributed by atoms with van der Waals surface area (Å²) in [4.78, 5) is 10.6. The van der Waals surface area contributed by atoms with Gasteiger partial charge in [0.1, 0.15) is 0 Å². The number of alkyl halides is 3. The van der Waals surface area contributed by atoms with Crippen molar-refractivity contribution in [2.24, 2.45) is 0 Å². The van der Waals surface area contributed by atoms with Gasteiger partial charge >= 0.3 is 6.36 Å². The Balaban J connectivity index is 3.04. The van der Waals surface area contributed by atoms with Gasteiger partial charge in [0.15, 0.2) is 11.5 Å². The van der Waals surface area contributed by atoms with Gasteiger partial charge in [-0.15, -0.1) is 13.2 Å². The minimum absolute atomic E-state index is 0.144. The maximum absolute atomic E-state index is 12.1. The van der Waals surface area contributed by atoms with Crippen molar-refractivity contribution in [1.82, 2.24) is 0 Å². The third-order valence-electron chi connectivity index (χ3n) is 1.87. The molecule has 7 heteroatoms. The van der Waals surface area contributed by atoms with Crippen molar-refractivity contribution >= 4 is 5.97 Å². The van der Waals surface area contributed by atoms with Crippen LogP contribution >= 0.6 is 0 Å². The molecule has 0 heterocycles. The summed E-state index contributed by atoms with van der Waals surface area (Å²) in [7, 11) is 0. The molecule has 0 N–H and O–H groups in total. The van der Waals surface area contributed by atoms with Crippen LogP contribution in [0.2, 0.25) is 0 Å². The molecule has 0 atom stereocenters. The minimum atomic E-state index is -4.87. The largest absolute Gasteiger partial charge is 0.573 e. The average Bonchev–Trinajstić information content (AvgIpc) is 2.25. The third-order valence-corrected chi connectivity index (χ3v) is 1.87. The summed E-state index contributed by atoms with van der Waals surface area (Å²) < 4.78 is 45.0. The number of ether oxygens (including phenoxy) is 2. The number of benzene rings is 1. The molecule has 1 aromatic carbocycles. The molecule has 0 amide bonds. The molecule has 0 fully saturated rings. The van der Waals surface area contributed by atoms with E-state index in [0.29, 0.717) is 6.42 Å². The Hall–Kier alpha value is -1.92. The Kier molecular flexibility index (Phi) is 4.41. The van der Waals surface area contributed by atoms with Crippen LogP contribution < -0.4 is 14.6 Å². The van der Waals surface area contributed by atoms with Gasteiger partial charge in [-0.2, -0.15) is 0 Å². The zero-order valence-corrected chi connectivity index (χ0v) is 9.41. The number of halogens is 3. The molecule has 18 heavy (non-hydrogen) atoms. The number of carbonyl (C=O) groups excluding carboxylic acids is 1. The van der Waals surface area contributed by atoms with Crippen molar-refractivity contribution < 1.29 is 32.5 Å². The fourth-order valence-electron chi connectivity index (χ4n) is 1.17. The van der Waals surface area contributed by atoms with Crippen LogP contribution in [0.25, 0.3) is 0 Å². The number of carbonyl (C=O) groups is 1. The van der Waals surface area contributed by atoms with Gasteiger partial charge in [0.05, 0.1) is 12.6 Å². The normalized spacial score (nSPS) is 11.1. The maximum atomic E-state index is 12.1. The second kappa shape index (κ2) is 5.61. The van der Waals surface area contributed by atoms with Crippen LogP contribution in [0.4, 0.5) is 13.2 Å². The number of carboxylic acid groups (broad SMARTS) is 1. The van der Waals surface area contributed by atoms with Crippen LogP contribution in [0.3, 0.4) is 0 Å². The fourth-order valence-corrected chi connectivity index (χ4v) is 1.17. The summed E-state index contributed by atoms with van der Waals surface area (Å²) in [6, 6.07) is 2.77. The SMILES string of the molecule is CCCOc1cc(C(=O)[O-])ccc1OC(F)(F)F. The molecule has 0 aromatic heterocycles. The van der Waals surface area contributed by atoms with Crippen molar-refractivity contribution in [3.8, 4) is 11.5 Å². The van der Waals surface area contributed by atoms with Crippen molar-refractivity contribution in [2.75, 3.05) is 6.61 Å². The van der Waals surface area contributed by atoms with Crippen LogP contribution in [-0.2, 0) is 0 Å². The number of hydrogen-bond acceptors (Lipinski definition) is 4. The molecule has 0 aliphatic heterocycles. The predicted molar refractivity (Wildman–Crippen MR) is 53.2 cm³/mol. The molecule has 0 saturated carbocycles. The van der Waals surface area contributed by atoms with E-state index >= 15 is 0 Å². The van der Waals surface area contributed by atoms with Gasteiger partial charge in [0.25, 0.3) is 0 Å². The van der Waals surface area contributed by atoms with E-state index in [2.05, 4.69) is 4.74 Å². The van der Waals surface area contributed by atoms with Gasteiger partial charge in [-0.25, -0.2) is 0 Å². The Bertz CT molecular complexity index is 429. The number of aromatic carboxylic acids is 1. The van der Waals surface area contributed by atoms with E-state index < -0.39 is 18.1 Å². The second-order valence-corrected chi connectivity index (χ2v) is 3.35. The maximum Gasteiger partial charge on any atom is 0.573 e. The molecule has 1 rings (SSSR count). The van der Waals surface area contributed by atoms with E-state index in [1.54, 1.807) is 6.92 Å². The Labute approximate surface area is 101 Å². The lowest BCUT2D eigenvalue weighted by Gasteiger charge is -2.15. The predicted octanol–water partition coefficient (Wildman–Crippen LogP) is 1.74. The summed E-state index contributed by atoms with van der Waals surface area (Å²) in [5.41, 5.74) is -0.282. The highest BCUT2D eigenvalue weighted by Gasteiger charge is 2.32. The summed E-state index contributed by atoms with van der Waals surface area (Å²) in [5, 5.41) is 10.6. The lowest BCUT2D eigenvalue weighted by atomic mass is 10.2. The molecular formula is C11H10F3O4-. The lowest BCUT2D eigenvalue weighted by molar-refractivity contribution is -0.275. The molecule has 0 spiro atoms. The topological polar surface area (TPSA) is 58.6 Å². The first-order valence-corrected chi connectivity index (χ1v) is 5.07. The lowest BCUT2D eigenvalue weighted by Crippen LogP contribution is -2.22. The number of hydrogen-bond donors (Lipinski definition) is 0. The van der Waals surface area contributed by atoms with E-state index in [9.17, 15) is 23.1 Å². The van der Waals surface area contributed by atoms with Crippen LogP contribution in [-0.4, -0.2) is 18.9 Å². The van der Waals surface area contributed by atoms with Crippen LogP contribution in [0.5, 0.6) is 11.5 Å². The summed E-state index contributed by atoms with van der Waals surface area (Å²) in [5.74, 6) is -2.37. The first-order valence-electron chi connectivity index (χ1n) is 5.07. The summed E-state index contributed by atoms with van der Waals surface area (Å²) >= 11 is 0. The van der Waals surface area contributed by atoms with Crippen molar-refractivity contribution in [3.05, 3.63) is 23.8 Å². The summed E-state index contributed by atoms with van der Waals surface area (Å²) in [6.07, 6.45) is -4.31. The molecule has 0 aliphatic carbocycles. The molecule has 100 valence electrons. The van der Waals surface area contributed by atoms with Gasteiger partial charge in [-0.1, -0.05) is 6.92 Å². The molecule has 0 saturated heterocycles. The van der Waals surface area contributed by atoms with Crippen molar-refractivity contribution in [2.45, 2.75) is 19.7 Å². The molecule has 0 radical (unpaired) electrons. The molecule has 0 aliphatic rings. The smallest absolute Gasteiger partial charge is 0.545 e. The monoisotopic (exact) mass is 263 g/mol. The average molecular weight is 263 g/mol. The number of rotatable bonds is 5. The van der Waals surface area contributed by atoms with E-state index in [0.717, 1.165) is 18.2 Å². The van der Waals surface area contributed by atoms with E-state index in [1.165, 1.54) is 0 Å². The highest BCUT2D eigenvalue weighted by atomic mass is 19.4. The fraction of sp³-hybridized carbons (Fsp3) is 0.364.